The van der Waals surface area contributed by atoms with Gasteiger partial charge in [-0.15, -0.1) is 0 Å². The van der Waals surface area contributed by atoms with Gasteiger partial charge in [0.05, 0.1) is 24.2 Å². The number of primary sulfonamides is 1. The van der Waals surface area contributed by atoms with Crippen molar-refractivity contribution in [3.63, 3.8) is 0 Å². The van der Waals surface area contributed by atoms with E-state index in [0.717, 1.165) is 25.9 Å². The van der Waals surface area contributed by atoms with Gasteiger partial charge in [0.15, 0.2) is 0 Å². The maximum atomic E-state index is 13.0. The fraction of sp³-hybridized carbons (Fsp3) is 0.562. The molecule has 0 aliphatic carbocycles. The minimum atomic E-state index is -3.88. The molecular weight excluding hydrogens is 332 g/mol. The van der Waals surface area contributed by atoms with Crippen molar-refractivity contribution < 1.29 is 22.7 Å². The lowest BCUT2D eigenvalue weighted by Crippen LogP contribution is -2.46. The number of carbonyl (C=O) groups excluding carboxylic acids is 1. The molecule has 0 unspecified atom stereocenters. The van der Waals surface area contributed by atoms with Crippen LogP contribution >= 0.6 is 0 Å². The van der Waals surface area contributed by atoms with Crippen LogP contribution in [-0.4, -0.2) is 52.6 Å². The zero-order valence-electron chi connectivity index (χ0n) is 13.7. The van der Waals surface area contributed by atoms with Gasteiger partial charge in [-0.3, -0.25) is 4.79 Å². The van der Waals surface area contributed by atoms with Gasteiger partial charge < -0.3 is 14.4 Å². The quantitative estimate of drug-likeness (QED) is 0.872. The SMILES string of the molecule is COc1ccc(S(N)(=O)=O)cc1C(=O)N1CCC[C@@]2(CCOC2)C1. The molecule has 1 atom stereocenters. The molecule has 24 heavy (non-hydrogen) atoms. The van der Waals surface area contributed by atoms with Gasteiger partial charge in [-0.25, -0.2) is 13.6 Å². The molecule has 132 valence electrons. The number of hydrogen-bond donors (Lipinski definition) is 1. The van der Waals surface area contributed by atoms with Crippen molar-refractivity contribution >= 4 is 15.9 Å². The Bertz CT molecular complexity index is 741. The van der Waals surface area contributed by atoms with E-state index < -0.39 is 10.0 Å². The molecule has 0 saturated carbocycles. The molecule has 1 aromatic carbocycles. The molecule has 2 aliphatic rings. The normalized spacial score (nSPS) is 24.3. The smallest absolute Gasteiger partial charge is 0.257 e. The lowest BCUT2D eigenvalue weighted by atomic mass is 9.79. The Hall–Kier alpha value is -1.64. The van der Waals surface area contributed by atoms with Crippen LogP contribution < -0.4 is 9.88 Å². The summed E-state index contributed by atoms with van der Waals surface area (Å²) in [5, 5.41) is 5.18. The number of nitrogens with two attached hydrogens (primary N) is 1. The third kappa shape index (κ3) is 3.26. The molecule has 2 N–H and O–H groups in total. The van der Waals surface area contributed by atoms with E-state index in [9.17, 15) is 13.2 Å². The van der Waals surface area contributed by atoms with Crippen LogP contribution in [0.15, 0.2) is 23.1 Å². The van der Waals surface area contributed by atoms with E-state index in [2.05, 4.69) is 0 Å². The van der Waals surface area contributed by atoms with Crippen LogP contribution in [-0.2, 0) is 14.8 Å². The molecule has 2 saturated heterocycles. The van der Waals surface area contributed by atoms with Crippen LogP contribution in [0.5, 0.6) is 5.75 Å². The van der Waals surface area contributed by atoms with Crippen LogP contribution in [0.2, 0.25) is 0 Å². The molecule has 3 rings (SSSR count). The summed E-state index contributed by atoms with van der Waals surface area (Å²) in [6, 6.07) is 4.10. The largest absolute Gasteiger partial charge is 0.496 e. The standard InChI is InChI=1S/C16H22N2O5S/c1-22-14-4-3-12(24(17,20)21)9-13(14)15(19)18-7-2-5-16(10-18)6-8-23-11-16/h3-4,9H,2,5-8,10-11H2,1H3,(H2,17,20,21)/t16-/m1/s1. The molecule has 2 aliphatic heterocycles. The van der Waals surface area contributed by atoms with Gasteiger partial charge in [0, 0.05) is 25.1 Å². The highest BCUT2D eigenvalue weighted by atomic mass is 32.2. The number of methoxy groups -OCH3 is 1. The lowest BCUT2D eigenvalue weighted by Gasteiger charge is -2.39. The fourth-order valence-electron chi connectivity index (χ4n) is 3.55. The molecule has 1 spiro atoms. The number of sulfonamides is 1. The second-order valence-electron chi connectivity index (χ2n) is 6.54. The summed E-state index contributed by atoms with van der Waals surface area (Å²) < 4.78 is 33.9. The molecule has 0 bridgehead atoms. The molecule has 8 heteroatoms. The molecule has 0 radical (unpaired) electrons. The third-order valence-corrected chi connectivity index (χ3v) is 5.77. The molecule has 2 fully saturated rings. The summed E-state index contributed by atoms with van der Waals surface area (Å²) in [5.41, 5.74) is 0.249. The third-order valence-electron chi connectivity index (χ3n) is 4.86. The molecule has 7 nitrogen and oxygen atoms in total. The predicted octanol–water partition coefficient (Wildman–Crippen LogP) is 0.985. The van der Waals surface area contributed by atoms with E-state index >= 15 is 0 Å². The van der Waals surface area contributed by atoms with E-state index in [1.54, 1.807) is 4.90 Å². The van der Waals surface area contributed by atoms with E-state index in [4.69, 9.17) is 14.6 Å². The highest BCUT2D eigenvalue weighted by Gasteiger charge is 2.40. The number of amides is 1. The molecule has 1 aromatic rings. The summed E-state index contributed by atoms with van der Waals surface area (Å²) in [4.78, 5) is 14.6. The Morgan fingerprint density at radius 1 is 1.38 bits per heavy atom. The van der Waals surface area contributed by atoms with Gasteiger partial charge >= 0.3 is 0 Å². The van der Waals surface area contributed by atoms with Gasteiger partial charge in [-0.05, 0) is 37.5 Å². The van der Waals surface area contributed by atoms with Gasteiger partial charge in [-0.1, -0.05) is 0 Å². The van der Waals surface area contributed by atoms with E-state index in [1.807, 2.05) is 0 Å². The Morgan fingerprint density at radius 3 is 2.79 bits per heavy atom. The zero-order chi connectivity index (χ0) is 17.4. The average Bonchev–Trinajstić information content (AvgIpc) is 3.00. The van der Waals surface area contributed by atoms with Crippen molar-refractivity contribution in [2.24, 2.45) is 10.6 Å². The van der Waals surface area contributed by atoms with Crippen molar-refractivity contribution in [3.05, 3.63) is 23.8 Å². The summed E-state index contributed by atoms with van der Waals surface area (Å²) in [5.74, 6) is 0.109. The summed E-state index contributed by atoms with van der Waals surface area (Å²) in [7, 11) is -2.43. The van der Waals surface area contributed by atoms with Crippen LogP contribution in [0, 0.1) is 5.41 Å². The van der Waals surface area contributed by atoms with Crippen molar-refractivity contribution in [1.29, 1.82) is 0 Å². The van der Waals surface area contributed by atoms with Crippen molar-refractivity contribution in [2.75, 3.05) is 33.4 Å². The Balaban J connectivity index is 1.91. The van der Waals surface area contributed by atoms with Crippen LogP contribution in [0.3, 0.4) is 0 Å². The molecule has 1 amide bonds. The van der Waals surface area contributed by atoms with Crippen LogP contribution in [0.4, 0.5) is 0 Å². The Morgan fingerprint density at radius 2 is 2.17 bits per heavy atom. The second kappa shape index (κ2) is 6.34. The first-order valence-corrected chi connectivity index (χ1v) is 9.47. The topological polar surface area (TPSA) is 98.9 Å². The molecule has 0 aromatic heterocycles. The molecule has 2 heterocycles. The van der Waals surface area contributed by atoms with Crippen molar-refractivity contribution in [3.8, 4) is 5.75 Å². The fourth-order valence-corrected chi connectivity index (χ4v) is 4.09. The van der Waals surface area contributed by atoms with Crippen LogP contribution in [0.25, 0.3) is 0 Å². The van der Waals surface area contributed by atoms with Crippen molar-refractivity contribution in [2.45, 2.75) is 24.2 Å². The number of ether oxygens (including phenoxy) is 2. The summed E-state index contributed by atoms with van der Waals surface area (Å²) >= 11 is 0. The number of carbonyl (C=O) groups is 1. The number of benzene rings is 1. The van der Waals surface area contributed by atoms with E-state index in [1.165, 1.54) is 25.3 Å². The second-order valence-corrected chi connectivity index (χ2v) is 8.10. The highest BCUT2D eigenvalue weighted by molar-refractivity contribution is 7.89. The first-order chi connectivity index (χ1) is 11.3. The Labute approximate surface area is 141 Å². The minimum absolute atomic E-state index is 0.0265. The van der Waals surface area contributed by atoms with Crippen LogP contribution in [0.1, 0.15) is 29.6 Å². The number of piperidine rings is 1. The highest BCUT2D eigenvalue weighted by Crippen LogP contribution is 2.38. The lowest BCUT2D eigenvalue weighted by molar-refractivity contribution is 0.0460. The zero-order valence-corrected chi connectivity index (χ0v) is 14.5. The number of hydrogen-bond acceptors (Lipinski definition) is 5. The first kappa shape index (κ1) is 17.2. The van der Waals surface area contributed by atoms with E-state index in [0.29, 0.717) is 25.4 Å². The van der Waals surface area contributed by atoms with Gasteiger partial charge in [0.25, 0.3) is 5.91 Å². The minimum Gasteiger partial charge on any atom is -0.496 e. The van der Waals surface area contributed by atoms with Gasteiger partial charge in [0.1, 0.15) is 5.75 Å². The average molecular weight is 354 g/mol. The summed E-state index contributed by atoms with van der Waals surface area (Å²) in [6.07, 6.45) is 2.91. The van der Waals surface area contributed by atoms with Gasteiger partial charge in [0.2, 0.25) is 10.0 Å². The number of rotatable bonds is 3. The number of nitrogens with zero attached hydrogens (tertiary/aromatic N) is 1. The van der Waals surface area contributed by atoms with Gasteiger partial charge in [-0.2, -0.15) is 0 Å². The monoisotopic (exact) mass is 354 g/mol. The predicted molar refractivity (Wildman–Crippen MR) is 87.4 cm³/mol. The number of likely N-dealkylation sites (tertiary alicyclic amines) is 1. The summed E-state index contributed by atoms with van der Waals surface area (Å²) in [6.45, 7) is 2.66. The first-order valence-electron chi connectivity index (χ1n) is 7.93. The molecular formula is C16H22N2O5S. The van der Waals surface area contributed by atoms with E-state index in [-0.39, 0.29) is 21.8 Å². The van der Waals surface area contributed by atoms with Crippen molar-refractivity contribution in [1.82, 2.24) is 4.90 Å². The maximum absolute atomic E-state index is 13.0. The Kier molecular flexibility index (Phi) is 4.54. The maximum Gasteiger partial charge on any atom is 0.257 e.